The predicted molar refractivity (Wildman–Crippen MR) is 70.7 cm³/mol. The molecule has 19 heavy (non-hydrogen) atoms. The second kappa shape index (κ2) is 4.77. The van der Waals surface area contributed by atoms with Crippen LogP contribution in [0.4, 0.5) is 5.82 Å². The predicted octanol–water partition coefficient (Wildman–Crippen LogP) is 3.27. The lowest BCUT2D eigenvalue weighted by atomic mass is 10.2. The molecular formula is C13H8N5O-. The summed E-state index contributed by atoms with van der Waals surface area (Å²) in [6.45, 7) is 0. The van der Waals surface area contributed by atoms with Crippen molar-refractivity contribution in [2.75, 3.05) is 0 Å². The van der Waals surface area contributed by atoms with Crippen LogP contribution in [0.5, 0.6) is 0 Å². The molecule has 3 rings (SSSR count). The van der Waals surface area contributed by atoms with Crippen LogP contribution in [0.2, 0.25) is 0 Å². The van der Waals surface area contributed by atoms with Gasteiger partial charge in [-0.1, -0.05) is 12.1 Å². The Kier molecular flexibility index (Phi) is 2.82. The third kappa shape index (κ3) is 2.11. The number of rotatable bonds is 2. The quantitative estimate of drug-likeness (QED) is 0.515. The van der Waals surface area contributed by atoms with Gasteiger partial charge in [0.15, 0.2) is 11.6 Å². The number of fused-ring (bicyclic) bond motifs is 1. The molecule has 92 valence electrons. The maximum absolute atomic E-state index is 10.4. The van der Waals surface area contributed by atoms with Crippen molar-refractivity contribution in [3.63, 3.8) is 0 Å². The first-order valence-corrected chi connectivity index (χ1v) is 5.59. The summed E-state index contributed by atoms with van der Waals surface area (Å²) >= 11 is 0. The number of nitrogens with zero attached hydrogens (tertiary/aromatic N) is 5. The van der Waals surface area contributed by atoms with E-state index in [9.17, 15) is 5.21 Å². The highest BCUT2D eigenvalue weighted by molar-refractivity contribution is 5.88. The molecule has 1 aromatic carbocycles. The van der Waals surface area contributed by atoms with Gasteiger partial charge in [-0.3, -0.25) is 4.98 Å². The van der Waals surface area contributed by atoms with E-state index in [0.29, 0.717) is 16.7 Å². The Morgan fingerprint density at radius 2 is 1.89 bits per heavy atom. The van der Waals surface area contributed by atoms with Gasteiger partial charge in [-0.15, -0.1) is 5.11 Å². The molecule has 2 heterocycles. The highest BCUT2D eigenvalue weighted by Crippen LogP contribution is 2.26. The molecule has 0 fully saturated rings. The van der Waals surface area contributed by atoms with Crippen molar-refractivity contribution >= 4 is 16.7 Å². The van der Waals surface area contributed by atoms with Crippen molar-refractivity contribution in [3.05, 3.63) is 54.0 Å². The smallest absolute Gasteiger partial charge is 0.185 e. The molecule has 0 radical (unpaired) electrons. The SMILES string of the molecule is [O-]N=Nc1nc(-c2cccnc2)nc2ccccc12. The number of para-hydroxylation sites is 1. The minimum atomic E-state index is 0.263. The van der Waals surface area contributed by atoms with Crippen LogP contribution in [0, 0.1) is 5.21 Å². The lowest BCUT2D eigenvalue weighted by Crippen LogP contribution is -1.91. The Bertz CT molecular complexity index is 742. The van der Waals surface area contributed by atoms with Crippen molar-refractivity contribution in [1.29, 1.82) is 0 Å². The summed E-state index contributed by atoms with van der Waals surface area (Å²) in [5.74, 6) is 0.730. The van der Waals surface area contributed by atoms with Crippen molar-refractivity contribution < 1.29 is 0 Å². The van der Waals surface area contributed by atoms with E-state index in [4.69, 9.17) is 0 Å². The van der Waals surface area contributed by atoms with Gasteiger partial charge in [0, 0.05) is 23.3 Å². The van der Waals surface area contributed by atoms with Gasteiger partial charge in [-0.05, 0) is 24.3 Å². The lowest BCUT2D eigenvalue weighted by Gasteiger charge is -2.05. The number of hydrogen-bond acceptors (Lipinski definition) is 6. The van der Waals surface area contributed by atoms with E-state index in [1.165, 1.54) is 0 Å². The summed E-state index contributed by atoms with van der Waals surface area (Å²) in [7, 11) is 0. The average Bonchev–Trinajstić information content (AvgIpc) is 2.48. The molecular weight excluding hydrogens is 242 g/mol. The van der Waals surface area contributed by atoms with E-state index in [0.717, 1.165) is 5.56 Å². The molecule has 6 heteroatoms. The molecule has 0 N–H and O–H groups in total. The minimum absolute atomic E-state index is 0.263. The van der Waals surface area contributed by atoms with E-state index in [2.05, 4.69) is 25.3 Å². The van der Waals surface area contributed by atoms with Crippen LogP contribution in [0.25, 0.3) is 22.3 Å². The minimum Gasteiger partial charge on any atom is -0.775 e. The summed E-state index contributed by atoms with van der Waals surface area (Å²) in [5.41, 5.74) is 1.47. The molecule has 0 aliphatic rings. The van der Waals surface area contributed by atoms with E-state index < -0.39 is 0 Å². The molecule has 0 aliphatic carbocycles. The molecule has 0 atom stereocenters. The number of hydrogen-bond donors (Lipinski definition) is 0. The molecule has 2 aromatic heterocycles. The second-order valence-corrected chi connectivity index (χ2v) is 3.81. The molecule has 0 saturated carbocycles. The lowest BCUT2D eigenvalue weighted by molar-refractivity contribution is 1.13. The van der Waals surface area contributed by atoms with Crippen LogP contribution in [0.15, 0.2) is 59.2 Å². The molecule has 0 bridgehead atoms. The highest BCUT2D eigenvalue weighted by atomic mass is 16.5. The fraction of sp³-hybridized carbons (Fsp3) is 0. The van der Waals surface area contributed by atoms with Gasteiger partial charge in [0.05, 0.1) is 5.52 Å². The zero-order valence-electron chi connectivity index (χ0n) is 9.76. The first kappa shape index (κ1) is 11.2. The summed E-state index contributed by atoms with van der Waals surface area (Å²) < 4.78 is 0. The summed E-state index contributed by atoms with van der Waals surface area (Å²) in [6.07, 6.45) is 3.32. The van der Waals surface area contributed by atoms with Gasteiger partial charge in [0.2, 0.25) is 0 Å². The molecule has 0 aliphatic heterocycles. The maximum atomic E-state index is 10.4. The molecule has 0 spiro atoms. The highest BCUT2D eigenvalue weighted by Gasteiger charge is 2.08. The number of aromatic nitrogens is 3. The average molecular weight is 250 g/mol. The van der Waals surface area contributed by atoms with Gasteiger partial charge in [0.1, 0.15) is 0 Å². The summed E-state index contributed by atoms with van der Waals surface area (Å²) in [6, 6.07) is 11.0. The van der Waals surface area contributed by atoms with Crippen LogP contribution < -0.4 is 0 Å². The number of benzene rings is 1. The van der Waals surface area contributed by atoms with E-state index in [-0.39, 0.29) is 5.82 Å². The van der Waals surface area contributed by atoms with Gasteiger partial charge in [0.25, 0.3) is 0 Å². The second-order valence-electron chi connectivity index (χ2n) is 3.81. The number of pyridine rings is 1. The molecule has 6 nitrogen and oxygen atoms in total. The Labute approximate surface area is 108 Å². The normalized spacial score (nSPS) is 11.2. The zero-order valence-corrected chi connectivity index (χ0v) is 9.76. The van der Waals surface area contributed by atoms with Crippen molar-refractivity contribution in [1.82, 2.24) is 15.0 Å². The standard InChI is InChI=1S/C13H9N5O/c19-18-17-13-10-5-1-2-6-11(10)15-12(16-13)9-4-3-7-14-8-9/h1-8H,(H,15,16,17,19)/p-1. The maximum Gasteiger partial charge on any atom is 0.185 e. The molecule has 0 unspecified atom stereocenters. The fourth-order valence-corrected chi connectivity index (χ4v) is 1.80. The van der Waals surface area contributed by atoms with Crippen LogP contribution >= 0.6 is 0 Å². The van der Waals surface area contributed by atoms with Crippen LogP contribution in [0.3, 0.4) is 0 Å². The first-order valence-electron chi connectivity index (χ1n) is 5.59. The summed E-state index contributed by atoms with van der Waals surface area (Å²) in [4.78, 5) is 12.7. The Hall–Kier alpha value is -2.89. The van der Waals surface area contributed by atoms with Crippen molar-refractivity contribution in [2.45, 2.75) is 0 Å². The van der Waals surface area contributed by atoms with Crippen LogP contribution in [0.1, 0.15) is 0 Å². The van der Waals surface area contributed by atoms with E-state index >= 15 is 0 Å². The fourth-order valence-electron chi connectivity index (χ4n) is 1.80. The van der Waals surface area contributed by atoms with Gasteiger partial charge >= 0.3 is 0 Å². The molecule has 0 saturated heterocycles. The third-order valence-corrected chi connectivity index (χ3v) is 2.64. The first-order chi connectivity index (χ1) is 9.38. The largest absolute Gasteiger partial charge is 0.775 e. The van der Waals surface area contributed by atoms with Crippen LogP contribution in [-0.2, 0) is 0 Å². The van der Waals surface area contributed by atoms with Crippen LogP contribution in [-0.4, -0.2) is 15.0 Å². The van der Waals surface area contributed by atoms with Gasteiger partial charge in [-0.25, -0.2) is 15.2 Å². The monoisotopic (exact) mass is 250 g/mol. The Balaban J connectivity index is 2.28. The molecule has 3 aromatic rings. The zero-order chi connectivity index (χ0) is 13.1. The Morgan fingerprint density at radius 1 is 1.00 bits per heavy atom. The van der Waals surface area contributed by atoms with E-state index in [1.807, 2.05) is 24.3 Å². The Morgan fingerprint density at radius 3 is 2.68 bits per heavy atom. The van der Waals surface area contributed by atoms with Crippen molar-refractivity contribution in [3.8, 4) is 11.4 Å². The van der Waals surface area contributed by atoms with Crippen molar-refractivity contribution in [2.24, 2.45) is 10.4 Å². The third-order valence-electron chi connectivity index (χ3n) is 2.64. The topological polar surface area (TPSA) is 86.5 Å². The van der Waals surface area contributed by atoms with Gasteiger partial charge < -0.3 is 5.21 Å². The van der Waals surface area contributed by atoms with E-state index in [1.54, 1.807) is 24.5 Å². The summed E-state index contributed by atoms with van der Waals surface area (Å²) in [5, 5.41) is 17.1. The molecule has 0 amide bonds. The van der Waals surface area contributed by atoms with Gasteiger partial charge in [-0.2, -0.15) is 0 Å².